The fourth-order valence-electron chi connectivity index (χ4n) is 3.73. The van der Waals surface area contributed by atoms with E-state index in [2.05, 4.69) is 5.32 Å². The molecule has 1 aromatic carbocycles. The molecule has 0 saturated carbocycles. The Balaban J connectivity index is 2.08. The Kier molecular flexibility index (Phi) is 9.08. The molecule has 160 valence electrons. The summed E-state index contributed by atoms with van der Waals surface area (Å²) >= 11 is 0. The molecule has 0 aliphatic carbocycles. The quantitative estimate of drug-likeness (QED) is 0.384. The van der Waals surface area contributed by atoms with Crippen LogP contribution in [-0.2, 0) is 20.8 Å². The first-order valence-corrected chi connectivity index (χ1v) is 10.2. The molecule has 0 spiro atoms. The number of carbonyl (C=O) groups is 3. The van der Waals surface area contributed by atoms with Crippen molar-refractivity contribution in [1.29, 1.82) is 0 Å². The van der Waals surface area contributed by atoms with Crippen LogP contribution in [0.25, 0.3) is 0 Å². The lowest BCUT2D eigenvalue weighted by molar-refractivity contribution is -0.149. The minimum atomic E-state index is -1.02. The van der Waals surface area contributed by atoms with Gasteiger partial charge in [-0.2, -0.15) is 0 Å². The Bertz CT molecular complexity index is 682. The van der Waals surface area contributed by atoms with Gasteiger partial charge >= 0.3 is 11.9 Å². The van der Waals surface area contributed by atoms with Crippen molar-refractivity contribution in [2.24, 2.45) is 5.73 Å². The SMILES string of the molecule is NCCCCC(N[C@H](CCc1ccccc1)C(=O)O)C(=O)N1CCC[C@H]1C(=O)O. The minimum absolute atomic E-state index is 0.335. The lowest BCUT2D eigenvalue weighted by Gasteiger charge is -2.29. The van der Waals surface area contributed by atoms with Crippen LogP contribution in [0.5, 0.6) is 0 Å². The molecule has 1 unspecified atom stereocenters. The van der Waals surface area contributed by atoms with E-state index in [1.54, 1.807) is 0 Å². The Morgan fingerprint density at radius 3 is 2.45 bits per heavy atom. The van der Waals surface area contributed by atoms with Gasteiger partial charge in [-0.1, -0.05) is 36.8 Å². The number of nitrogens with one attached hydrogen (secondary N) is 1. The number of likely N-dealkylation sites (tertiary alicyclic amines) is 1. The second-order valence-electron chi connectivity index (χ2n) is 7.45. The summed E-state index contributed by atoms with van der Waals surface area (Å²) in [4.78, 5) is 37.7. The van der Waals surface area contributed by atoms with E-state index < -0.39 is 30.1 Å². The van der Waals surface area contributed by atoms with Gasteiger partial charge in [-0.15, -0.1) is 0 Å². The number of benzene rings is 1. The molecular weight excluding hydrogens is 374 g/mol. The van der Waals surface area contributed by atoms with Crippen molar-refractivity contribution >= 4 is 17.8 Å². The summed E-state index contributed by atoms with van der Waals surface area (Å²) in [6, 6.07) is 7.10. The van der Waals surface area contributed by atoms with Gasteiger partial charge < -0.3 is 20.8 Å². The van der Waals surface area contributed by atoms with Gasteiger partial charge in [-0.3, -0.25) is 14.9 Å². The first-order valence-electron chi connectivity index (χ1n) is 10.2. The second-order valence-corrected chi connectivity index (χ2v) is 7.45. The van der Waals surface area contributed by atoms with Crippen molar-refractivity contribution in [2.75, 3.05) is 13.1 Å². The molecule has 0 bridgehead atoms. The van der Waals surface area contributed by atoms with E-state index in [0.717, 1.165) is 12.0 Å². The number of carbonyl (C=O) groups excluding carboxylic acids is 1. The van der Waals surface area contributed by atoms with Crippen molar-refractivity contribution in [1.82, 2.24) is 10.2 Å². The molecule has 8 nitrogen and oxygen atoms in total. The van der Waals surface area contributed by atoms with Crippen LogP contribution in [0.4, 0.5) is 0 Å². The van der Waals surface area contributed by atoms with Crippen LogP contribution in [0.3, 0.4) is 0 Å². The normalized spacial score (nSPS) is 18.4. The van der Waals surface area contributed by atoms with Crippen LogP contribution in [0, 0.1) is 0 Å². The molecule has 2 rings (SSSR count). The van der Waals surface area contributed by atoms with Gasteiger partial charge in [0.1, 0.15) is 12.1 Å². The van der Waals surface area contributed by atoms with E-state index in [0.29, 0.717) is 51.6 Å². The lowest BCUT2D eigenvalue weighted by Crippen LogP contribution is -2.54. The molecule has 1 saturated heterocycles. The zero-order chi connectivity index (χ0) is 21.2. The molecule has 0 radical (unpaired) electrons. The van der Waals surface area contributed by atoms with E-state index in [1.165, 1.54) is 4.90 Å². The van der Waals surface area contributed by atoms with Gasteiger partial charge in [-0.05, 0) is 50.6 Å². The van der Waals surface area contributed by atoms with E-state index in [-0.39, 0.29) is 5.91 Å². The molecule has 29 heavy (non-hydrogen) atoms. The van der Waals surface area contributed by atoms with Crippen molar-refractivity contribution < 1.29 is 24.6 Å². The Morgan fingerprint density at radius 1 is 1.10 bits per heavy atom. The van der Waals surface area contributed by atoms with Crippen LogP contribution in [-0.4, -0.2) is 64.2 Å². The second kappa shape index (κ2) is 11.5. The van der Waals surface area contributed by atoms with Gasteiger partial charge in [0.15, 0.2) is 0 Å². The first kappa shape index (κ1) is 22.8. The average molecular weight is 405 g/mol. The summed E-state index contributed by atoms with van der Waals surface area (Å²) in [6.07, 6.45) is 3.76. The maximum absolute atomic E-state index is 13.1. The van der Waals surface area contributed by atoms with Gasteiger partial charge in [0.05, 0.1) is 6.04 Å². The van der Waals surface area contributed by atoms with Gasteiger partial charge in [0.25, 0.3) is 0 Å². The lowest BCUT2D eigenvalue weighted by atomic mass is 10.0. The number of hydrogen-bond donors (Lipinski definition) is 4. The third-order valence-electron chi connectivity index (χ3n) is 5.33. The topological polar surface area (TPSA) is 133 Å². The highest BCUT2D eigenvalue weighted by Crippen LogP contribution is 2.20. The number of amides is 1. The summed E-state index contributed by atoms with van der Waals surface area (Å²) in [7, 11) is 0. The largest absolute Gasteiger partial charge is 0.480 e. The fraction of sp³-hybridized carbons (Fsp3) is 0.571. The first-order chi connectivity index (χ1) is 13.9. The predicted molar refractivity (Wildman–Crippen MR) is 108 cm³/mol. The van der Waals surface area contributed by atoms with E-state index in [1.807, 2.05) is 30.3 Å². The molecule has 8 heteroatoms. The van der Waals surface area contributed by atoms with Crippen LogP contribution in [0.1, 0.15) is 44.1 Å². The number of hydrogen-bond acceptors (Lipinski definition) is 5. The summed E-state index contributed by atoms with van der Waals surface area (Å²) in [5.74, 6) is -2.37. The molecule has 1 aliphatic heterocycles. The van der Waals surface area contributed by atoms with Crippen molar-refractivity contribution in [3.05, 3.63) is 35.9 Å². The number of nitrogens with two attached hydrogens (primary N) is 1. The average Bonchev–Trinajstić information content (AvgIpc) is 3.20. The molecule has 1 aliphatic rings. The minimum Gasteiger partial charge on any atom is -0.480 e. The van der Waals surface area contributed by atoms with Gasteiger partial charge in [0, 0.05) is 6.54 Å². The summed E-state index contributed by atoms with van der Waals surface area (Å²) in [5, 5.41) is 22.0. The molecule has 1 amide bonds. The van der Waals surface area contributed by atoms with E-state index in [4.69, 9.17) is 5.73 Å². The molecule has 0 aromatic heterocycles. The highest BCUT2D eigenvalue weighted by molar-refractivity contribution is 5.88. The van der Waals surface area contributed by atoms with Crippen molar-refractivity contribution in [2.45, 2.75) is 63.1 Å². The smallest absolute Gasteiger partial charge is 0.326 e. The predicted octanol–water partition coefficient (Wildman–Crippen LogP) is 1.24. The number of aryl methyl sites for hydroxylation is 1. The number of aliphatic carboxylic acids is 2. The van der Waals surface area contributed by atoms with E-state index in [9.17, 15) is 24.6 Å². The van der Waals surface area contributed by atoms with E-state index >= 15 is 0 Å². The summed E-state index contributed by atoms with van der Waals surface area (Å²) in [6.45, 7) is 0.866. The Hall–Kier alpha value is -2.45. The zero-order valence-corrected chi connectivity index (χ0v) is 16.6. The number of nitrogens with zero attached hydrogens (tertiary/aromatic N) is 1. The molecule has 3 atom stereocenters. The maximum Gasteiger partial charge on any atom is 0.326 e. The highest BCUT2D eigenvalue weighted by atomic mass is 16.4. The molecular formula is C21H31N3O5. The molecule has 1 fully saturated rings. The Morgan fingerprint density at radius 2 is 1.83 bits per heavy atom. The maximum atomic E-state index is 13.1. The zero-order valence-electron chi connectivity index (χ0n) is 16.6. The van der Waals surface area contributed by atoms with Crippen molar-refractivity contribution in [3.63, 3.8) is 0 Å². The van der Waals surface area contributed by atoms with Crippen molar-refractivity contribution in [3.8, 4) is 0 Å². The van der Waals surface area contributed by atoms with Crippen LogP contribution >= 0.6 is 0 Å². The molecule has 1 heterocycles. The molecule has 1 aromatic rings. The van der Waals surface area contributed by atoms with Crippen LogP contribution in [0.15, 0.2) is 30.3 Å². The third-order valence-corrected chi connectivity index (χ3v) is 5.33. The van der Waals surface area contributed by atoms with Gasteiger partial charge in [0.2, 0.25) is 5.91 Å². The highest BCUT2D eigenvalue weighted by Gasteiger charge is 2.38. The standard InChI is InChI=1S/C21H31N3O5/c22-13-5-4-9-16(19(25)24-14-6-10-18(24)21(28)29)23-17(20(26)27)12-11-15-7-2-1-3-8-15/h1-3,7-8,16-18,23H,4-6,9-14,22H2,(H,26,27)(H,28,29)/t16?,17-,18+/m1/s1. The summed E-state index contributed by atoms with van der Waals surface area (Å²) < 4.78 is 0. The van der Waals surface area contributed by atoms with Gasteiger partial charge in [-0.25, -0.2) is 4.79 Å². The van der Waals surface area contributed by atoms with Crippen LogP contribution in [0.2, 0.25) is 0 Å². The number of unbranched alkanes of at least 4 members (excludes halogenated alkanes) is 1. The monoisotopic (exact) mass is 405 g/mol. The number of carboxylic acid groups (broad SMARTS) is 2. The number of rotatable bonds is 12. The molecule has 5 N–H and O–H groups in total. The summed E-state index contributed by atoms with van der Waals surface area (Å²) in [5.41, 5.74) is 6.57. The third kappa shape index (κ3) is 6.83. The number of carboxylic acids is 2. The van der Waals surface area contributed by atoms with Crippen LogP contribution < -0.4 is 11.1 Å². The fourth-order valence-corrected chi connectivity index (χ4v) is 3.73. The Labute approximate surface area is 171 Å².